The molecule has 1 aromatic heterocycles. The van der Waals surface area contributed by atoms with Crippen LogP contribution in [0.4, 0.5) is 0 Å². The summed E-state index contributed by atoms with van der Waals surface area (Å²) in [5, 5.41) is 0. The van der Waals surface area contributed by atoms with E-state index in [1.54, 1.807) is 0 Å². The molecule has 0 saturated carbocycles. The van der Waals surface area contributed by atoms with Gasteiger partial charge in [0, 0.05) is 0 Å². The smallest absolute Gasteiger partial charge is 0.237 e. The van der Waals surface area contributed by atoms with Crippen molar-refractivity contribution in [3.8, 4) is 0 Å². The van der Waals surface area contributed by atoms with Crippen molar-refractivity contribution in [1.29, 1.82) is 0 Å². The molecule has 0 N–H and O–H groups in total. The van der Waals surface area contributed by atoms with Crippen LogP contribution in [0.15, 0.2) is 18.7 Å². The molecule has 0 aromatic carbocycles. The van der Waals surface area contributed by atoms with Crippen LogP contribution in [0.1, 0.15) is 20.3 Å². The Balaban J connectivity index is 2.20. The summed E-state index contributed by atoms with van der Waals surface area (Å²) >= 11 is 2.02. The van der Waals surface area contributed by atoms with Gasteiger partial charge in [0.2, 0.25) is 6.33 Å². The summed E-state index contributed by atoms with van der Waals surface area (Å²) in [4.78, 5) is 0. The summed E-state index contributed by atoms with van der Waals surface area (Å²) < 4.78 is 4.46. The Morgan fingerprint density at radius 3 is 2.85 bits per heavy atom. The van der Waals surface area contributed by atoms with E-state index in [1.165, 1.54) is 17.9 Å². The zero-order chi connectivity index (χ0) is 9.52. The van der Waals surface area contributed by atoms with Crippen molar-refractivity contribution in [3.05, 3.63) is 18.7 Å². The van der Waals surface area contributed by atoms with Gasteiger partial charge in [-0.3, -0.25) is 0 Å². The van der Waals surface area contributed by atoms with E-state index in [9.17, 15) is 0 Å². The zero-order valence-corrected chi connectivity index (χ0v) is 9.39. The minimum atomic E-state index is 1.07. The lowest BCUT2D eigenvalue weighted by atomic mass is 10.5. The molecule has 1 heterocycles. The predicted molar refractivity (Wildman–Crippen MR) is 57.9 cm³/mol. The molecule has 13 heavy (non-hydrogen) atoms. The van der Waals surface area contributed by atoms with Crippen molar-refractivity contribution < 1.29 is 4.57 Å². The molecule has 0 amide bonds. The first kappa shape index (κ1) is 10.6. The molecule has 74 valence electrons. The van der Waals surface area contributed by atoms with Gasteiger partial charge in [0.05, 0.1) is 13.1 Å². The number of aromatic nitrogens is 2. The first-order valence-corrected chi connectivity index (χ1v) is 6.14. The fourth-order valence-electron chi connectivity index (χ4n) is 1.25. The molecule has 0 saturated heterocycles. The van der Waals surface area contributed by atoms with Crippen LogP contribution >= 0.6 is 11.8 Å². The van der Waals surface area contributed by atoms with Crippen LogP contribution in [0.2, 0.25) is 0 Å². The maximum Gasteiger partial charge on any atom is 0.243 e. The minimum absolute atomic E-state index is 1.07. The van der Waals surface area contributed by atoms with Crippen LogP contribution in [0.3, 0.4) is 0 Å². The Morgan fingerprint density at radius 2 is 2.23 bits per heavy atom. The van der Waals surface area contributed by atoms with Crippen LogP contribution < -0.4 is 4.57 Å². The third-order valence-electron chi connectivity index (χ3n) is 2.02. The molecule has 1 aromatic rings. The Labute approximate surface area is 85.0 Å². The highest BCUT2D eigenvalue weighted by molar-refractivity contribution is 7.99. The van der Waals surface area contributed by atoms with E-state index in [0.29, 0.717) is 0 Å². The van der Waals surface area contributed by atoms with Crippen molar-refractivity contribution in [2.75, 3.05) is 11.5 Å². The lowest BCUT2D eigenvalue weighted by molar-refractivity contribution is -0.696. The van der Waals surface area contributed by atoms with E-state index < -0.39 is 0 Å². The zero-order valence-electron chi connectivity index (χ0n) is 8.57. The number of thioether (sulfide) groups is 1. The number of rotatable bonds is 6. The lowest BCUT2D eigenvalue weighted by Gasteiger charge is -1.95. The molecule has 0 spiro atoms. The fraction of sp³-hybridized carbons (Fsp3) is 0.700. The maximum absolute atomic E-state index is 2.26. The summed E-state index contributed by atoms with van der Waals surface area (Å²) in [5.41, 5.74) is 0. The molecule has 0 aliphatic rings. The van der Waals surface area contributed by atoms with Gasteiger partial charge in [-0.15, -0.1) is 0 Å². The first-order chi connectivity index (χ1) is 6.36. The van der Waals surface area contributed by atoms with Crippen LogP contribution in [-0.4, -0.2) is 16.1 Å². The molecule has 3 heteroatoms. The van der Waals surface area contributed by atoms with Crippen molar-refractivity contribution in [2.45, 2.75) is 33.4 Å². The standard InChI is InChI=1S/C10H19N2S/c1-3-11-7-8-12(10-11)6-5-9-13-4-2/h7-8,10H,3-6,9H2,1-2H3/q+1. The molecule has 0 unspecified atom stereocenters. The second-order valence-electron chi connectivity index (χ2n) is 3.03. The van der Waals surface area contributed by atoms with E-state index in [2.05, 4.69) is 41.7 Å². The summed E-state index contributed by atoms with van der Waals surface area (Å²) in [7, 11) is 0. The quantitative estimate of drug-likeness (QED) is 0.502. The maximum atomic E-state index is 2.26. The second kappa shape index (κ2) is 6.08. The fourth-order valence-corrected chi connectivity index (χ4v) is 1.87. The van der Waals surface area contributed by atoms with Gasteiger partial charge in [-0.2, -0.15) is 11.8 Å². The predicted octanol–water partition coefficient (Wildman–Crippen LogP) is 1.94. The molecule has 1 rings (SSSR count). The van der Waals surface area contributed by atoms with E-state index >= 15 is 0 Å². The molecular formula is C10H19N2S+. The van der Waals surface area contributed by atoms with Gasteiger partial charge in [0.1, 0.15) is 12.4 Å². The Bertz CT molecular complexity index is 233. The van der Waals surface area contributed by atoms with Gasteiger partial charge in [-0.05, 0) is 24.9 Å². The highest BCUT2D eigenvalue weighted by atomic mass is 32.2. The summed E-state index contributed by atoms with van der Waals surface area (Å²) in [6.07, 6.45) is 7.74. The minimum Gasteiger partial charge on any atom is -0.237 e. The molecule has 0 radical (unpaired) electrons. The van der Waals surface area contributed by atoms with Crippen molar-refractivity contribution >= 4 is 11.8 Å². The van der Waals surface area contributed by atoms with Gasteiger partial charge >= 0.3 is 0 Å². The average Bonchev–Trinajstić information content (AvgIpc) is 2.60. The average molecular weight is 199 g/mol. The topological polar surface area (TPSA) is 8.81 Å². The van der Waals surface area contributed by atoms with E-state index in [1.807, 2.05) is 11.8 Å². The Morgan fingerprint density at radius 1 is 1.38 bits per heavy atom. The molecule has 2 nitrogen and oxygen atoms in total. The summed E-state index contributed by atoms with van der Waals surface area (Å²) in [6, 6.07) is 0. The highest BCUT2D eigenvalue weighted by Crippen LogP contribution is 2.00. The van der Waals surface area contributed by atoms with Gasteiger partial charge in [-0.25, -0.2) is 9.13 Å². The van der Waals surface area contributed by atoms with Gasteiger partial charge in [0.25, 0.3) is 0 Å². The number of aryl methyl sites for hydroxylation is 2. The van der Waals surface area contributed by atoms with Crippen LogP contribution in [0, 0.1) is 0 Å². The second-order valence-corrected chi connectivity index (χ2v) is 4.43. The summed E-state index contributed by atoms with van der Waals surface area (Å²) in [6.45, 7) is 6.60. The van der Waals surface area contributed by atoms with E-state index in [-0.39, 0.29) is 0 Å². The number of hydrogen-bond donors (Lipinski definition) is 0. The monoisotopic (exact) mass is 199 g/mol. The van der Waals surface area contributed by atoms with Crippen LogP contribution in [0.5, 0.6) is 0 Å². The van der Waals surface area contributed by atoms with Crippen molar-refractivity contribution in [1.82, 2.24) is 4.57 Å². The van der Waals surface area contributed by atoms with E-state index in [4.69, 9.17) is 0 Å². The largest absolute Gasteiger partial charge is 0.243 e. The molecule has 0 atom stereocenters. The van der Waals surface area contributed by atoms with Crippen LogP contribution in [0.25, 0.3) is 0 Å². The normalized spacial score (nSPS) is 10.6. The third kappa shape index (κ3) is 3.85. The number of hydrogen-bond acceptors (Lipinski definition) is 1. The first-order valence-electron chi connectivity index (χ1n) is 4.99. The third-order valence-corrected chi connectivity index (χ3v) is 3.01. The molecular weight excluding hydrogens is 180 g/mol. The highest BCUT2D eigenvalue weighted by Gasteiger charge is 2.00. The van der Waals surface area contributed by atoms with Gasteiger partial charge < -0.3 is 0 Å². The number of nitrogens with zero attached hydrogens (tertiary/aromatic N) is 2. The molecule has 0 bridgehead atoms. The number of imidazole rings is 1. The molecule has 0 fully saturated rings. The van der Waals surface area contributed by atoms with Crippen molar-refractivity contribution in [2.24, 2.45) is 0 Å². The lowest BCUT2D eigenvalue weighted by Crippen LogP contribution is -2.31. The Kier molecular flexibility index (Phi) is 4.98. The SMILES string of the molecule is CCSCCC[n+]1ccn(CC)c1. The van der Waals surface area contributed by atoms with Gasteiger partial charge in [-0.1, -0.05) is 6.92 Å². The van der Waals surface area contributed by atoms with Gasteiger partial charge in [0.15, 0.2) is 0 Å². The van der Waals surface area contributed by atoms with E-state index in [0.717, 1.165) is 13.1 Å². The molecule has 0 aliphatic heterocycles. The van der Waals surface area contributed by atoms with Crippen LogP contribution in [-0.2, 0) is 13.1 Å². The Hall–Kier alpha value is -0.440. The molecule has 0 aliphatic carbocycles. The van der Waals surface area contributed by atoms with Crippen molar-refractivity contribution in [3.63, 3.8) is 0 Å². The summed E-state index contributed by atoms with van der Waals surface area (Å²) in [5.74, 6) is 2.52.